The van der Waals surface area contributed by atoms with Crippen LogP contribution in [0.2, 0.25) is 0 Å². The molecule has 0 heterocycles. The van der Waals surface area contributed by atoms with Crippen molar-refractivity contribution in [2.45, 2.75) is 58.3 Å². The van der Waals surface area contributed by atoms with Gasteiger partial charge in [-0.3, -0.25) is 4.79 Å². The molecule has 0 bridgehead atoms. The predicted molar refractivity (Wildman–Crippen MR) is 148 cm³/mol. The zero-order valence-corrected chi connectivity index (χ0v) is 21.1. The van der Waals surface area contributed by atoms with Crippen molar-refractivity contribution in [1.82, 2.24) is 0 Å². The molecule has 0 spiro atoms. The maximum absolute atomic E-state index is 11.2. The molecule has 2 heteroatoms. The maximum atomic E-state index is 11.2. The highest BCUT2D eigenvalue weighted by molar-refractivity contribution is 5.74. The van der Waals surface area contributed by atoms with E-state index in [9.17, 15) is 4.79 Å². The van der Waals surface area contributed by atoms with Gasteiger partial charge in [0.05, 0.1) is 0 Å². The van der Waals surface area contributed by atoms with Crippen molar-refractivity contribution in [2.75, 3.05) is 0 Å². The molecular formula is C33H37NO. The first-order valence-corrected chi connectivity index (χ1v) is 12.8. The normalized spacial score (nSPS) is 19.2. The fourth-order valence-corrected chi connectivity index (χ4v) is 5.58. The van der Waals surface area contributed by atoms with E-state index in [2.05, 4.69) is 69.0 Å². The molecule has 0 saturated heterocycles. The summed E-state index contributed by atoms with van der Waals surface area (Å²) < 4.78 is 0. The molecule has 0 fully saturated rings. The molecule has 2 aliphatic rings. The van der Waals surface area contributed by atoms with Crippen molar-refractivity contribution in [3.05, 3.63) is 124 Å². The Kier molecular flexibility index (Phi) is 8.02. The second-order valence-electron chi connectivity index (χ2n) is 9.95. The van der Waals surface area contributed by atoms with Crippen LogP contribution in [-0.4, -0.2) is 6.29 Å². The van der Waals surface area contributed by atoms with E-state index in [-0.39, 0.29) is 5.92 Å². The second-order valence-corrected chi connectivity index (χ2v) is 9.95. The number of hydrogen-bond acceptors (Lipinski definition) is 2. The summed E-state index contributed by atoms with van der Waals surface area (Å²) in [5.41, 5.74) is 17.2. The van der Waals surface area contributed by atoms with Gasteiger partial charge in [-0.2, -0.15) is 0 Å². The monoisotopic (exact) mass is 463 g/mol. The number of allylic oxidation sites excluding steroid dienone is 8. The summed E-state index contributed by atoms with van der Waals surface area (Å²) in [6.07, 6.45) is 17.9. The van der Waals surface area contributed by atoms with Crippen molar-refractivity contribution in [3.63, 3.8) is 0 Å². The van der Waals surface area contributed by atoms with Crippen LogP contribution in [0, 0.1) is 5.92 Å². The first kappa shape index (κ1) is 24.7. The first-order valence-electron chi connectivity index (χ1n) is 12.8. The minimum Gasteiger partial charge on any atom is -0.405 e. The van der Waals surface area contributed by atoms with Crippen molar-refractivity contribution >= 4 is 11.9 Å². The molecule has 0 aromatic heterocycles. The largest absolute Gasteiger partial charge is 0.405 e. The fourth-order valence-electron chi connectivity index (χ4n) is 5.58. The topological polar surface area (TPSA) is 43.1 Å². The van der Waals surface area contributed by atoms with Gasteiger partial charge in [-0.15, -0.1) is 0 Å². The number of carbonyl (C=O) groups is 1. The summed E-state index contributed by atoms with van der Waals surface area (Å²) in [5, 5.41) is 0. The average Bonchev–Trinajstić information content (AvgIpc) is 2.87. The van der Waals surface area contributed by atoms with E-state index in [0.717, 1.165) is 38.4 Å². The summed E-state index contributed by atoms with van der Waals surface area (Å²) in [5.74, 6) is 0.686. The lowest BCUT2D eigenvalue weighted by atomic mass is 9.75. The molecule has 180 valence electrons. The highest BCUT2D eigenvalue weighted by Gasteiger charge is 2.25. The van der Waals surface area contributed by atoms with Crippen LogP contribution in [0.5, 0.6) is 0 Å². The molecular weight excluding hydrogens is 426 g/mol. The summed E-state index contributed by atoms with van der Waals surface area (Å²) in [6, 6.07) is 14.9. The van der Waals surface area contributed by atoms with Gasteiger partial charge in [0.2, 0.25) is 0 Å². The van der Waals surface area contributed by atoms with Crippen LogP contribution in [0.4, 0.5) is 0 Å². The van der Waals surface area contributed by atoms with Crippen LogP contribution in [0.25, 0.3) is 5.57 Å². The Morgan fingerprint density at radius 1 is 1.17 bits per heavy atom. The van der Waals surface area contributed by atoms with E-state index in [1.54, 1.807) is 6.20 Å². The number of aldehydes is 1. The van der Waals surface area contributed by atoms with E-state index >= 15 is 0 Å². The lowest BCUT2D eigenvalue weighted by Crippen LogP contribution is -2.16. The third-order valence-corrected chi connectivity index (χ3v) is 7.36. The van der Waals surface area contributed by atoms with Gasteiger partial charge in [0.1, 0.15) is 6.29 Å². The predicted octanol–water partition coefficient (Wildman–Crippen LogP) is 7.88. The average molecular weight is 464 g/mol. The minimum atomic E-state index is 0.169. The molecule has 2 aliphatic carbocycles. The zero-order valence-electron chi connectivity index (χ0n) is 21.1. The van der Waals surface area contributed by atoms with Crippen LogP contribution in [0.3, 0.4) is 0 Å². The Hall–Kier alpha value is -3.39. The zero-order chi connectivity index (χ0) is 24.8. The van der Waals surface area contributed by atoms with E-state index in [4.69, 9.17) is 5.73 Å². The Morgan fingerprint density at radius 2 is 1.97 bits per heavy atom. The lowest BCUT2D eigenvalue weighted by Gasteiger charge is -2.30. The molecule has 0 radical (unpaired) electrons. The molecule has 0 amide bonds. The van der Waals surface area contributed by atoms with Crippen molar-refractivity contribution in [3.8, 4) is 0 Å². The molecule has 35 heavy (non-hydrogen) atoms. The molecule has 2 atom stereocenters. The van der Waals surface area contributed by atoms with Crippen molar-refractivity contribution in [1.29, 1.82) is 0 Å². The van der Waals surface area contributed by atoms with Crippen molar-refractivity contribution in [2.24, 2.45) is 11.7 Å². The van der Waals surface area contributed by atoms with E-state index in [1.165, 1.54) is 51.0 Å². The molecule has 0 saturated carbocycles. The fraction of sp³-hybridized carbons (Fsp3) is 0.303. The summed E-state index contributed by atoms with van der Waals surface area (Å²) >= 11 is 0. The Morgan fingerprint density at radius 3 is 2.66 bits per heavy atom. The molecule has 2 nitrogen and oxygen atoms in total. The lowest BCUT2D eigenvalue weighted by molar-refractivity contribution is 0.112. The van der Waals surface area contributed by atoms with Gasteiger partial charge in [-0.25, -0.2) is 0 Å². The Labute approximate surface area is 210 Å². The third kappa shape index (κ3) is 5.82. The maximum Gasteiger partial charge on any atom is 0.150 e. The van der Waals surface area contributed by atoms with Gasteiger partial charge < -0.3 is 5.73 Å². The molecule has 2 aromatic carbocycles. The molecule has 2 aromatic rings. The minimum absolute atomic E-state index is 0.169. The number of fused-ring (bicyclic) bond motifs is 1. The van der Waals surface area contributed by atoms with Gasteiger partial charge in [0, 0.05) is 11.5 Å². The smallest absolute Gasteiger partial charge is 0.150 e. The summed E-state index contributed by atoms with van der Waals surface area (Å²) in [7, 11) is 0. The second kappa shape index (κ2) is 11.4. The highest BCUT2D eigenvalue weighted by atomic mass is 16.1. The molecule has 2 N–H and O–H groups in total. The summed E-state index contributed by atoms with van der Waals surface area (Å²) in [4.78, 5) is 11.2. The van der Waals surface area contributed by atoms with Gasteiger partial charge in [-0.1, -0.05) is 79.8 Å². The molecule has 2 unspecified atom stereocenters. The standard InChI is InChI=1S/C33H37NO/c1-4-6-27(15-16-34)33(28-12-9-25(22-35)10-13-28)20-26-11-14-32-24(3)18-30(21-31(32)19-26)29-8-5-7-23(2)17-29/h6,8-17,19,22,30,33H,3-5,7,18,20-21,34H2,1-2H3/b16-15-,27-6+. The van der Waals surface area contributed by atoms with Crippen LogP contribution in [0.1, 0.15) is 78.1 Å². The van der Waals surface area contributed by atoms with Crippen molar-refractivity contribution < 1.29 is 4.79 Å². The quantitative estimate of drug-likeness (QED) is 0.320. The number of carbonyl (C=O) groups excluding carboxylic acids is 1. The highest BCUT2D eigenvalue weighted by Crippen LogP contribution is 2.40. The van der Waals surface area contributed by atoms with Crippen LogP contribution < -0.4 is 5.73 Å². The van der Waals surface area contributed by atoms with Crippen LogP contribution in [-0.2, 0) is 12.8 Å². The van der Waals surface area contributed by atoms with Crippen LogP contribution >= 0.6 is 0 Å². The van der Waals surface area contributed by atoms with Gasteiger partial charge in [0.25, 0.3) is 0 Å². The number of hydrogen-bond donors (Lipinski definition) is 1. The third-order valence-electron chi connectivity index (χ3n) is 7.36. The number of benzene rings is 2. The first-order chi connectivity index (χ1) is 17.0. The number of rotatable bonds is 8. The summed E-state index contributed by atoms with van der Waals surface area (Å²) in [6.45, 7) is 8.84. The SMILES string of the molecule is C=C1CC(C2=CCCC(C)=C2)Cc2cc(CC(C(/C=C\N)=C/CC)c3ccc(C=O)cc3)ccc21. The molecule has 0 aliphatic heterocycles. The van der Waals surface area contributed by atoms with Crippen LogP contribution in [0.15, 0.2) is 96.3 Å². The van der Waals surface area contributed by atoms with E-state index in [1.807, 2.05) is 18.2 Å². The Balaban J connectivity index is 1.66. The van der Waals surface area contributed by atoms with E-state index in [0.29, 0.717) is 11.5 Å². The van der Waals surface area contributed by atoms with Gasteiger partial charge in [-0.05, 0) is 103 Å². The van der Waals surface area contributed by atoms with Gasteiger partial charge >= 0.3 is 0 Å². The van der Waals surface area contributed by atoms with Gasteiger partial charge in [0.15, 0.2) is 0 Å². The van der Waals surface area contributed by atoms with E-state index < -0.39 is 0 Å². The number of nitrogens with two attached hydrogens (primary N) is 1. The Bertz CT molecular complexity index is 1210. The molecule has 4 rings (SSSR count).